The van der Waals surface area contributed by atoms with Crippen molar-refractivity contribution in [2.24, 2.45) is 5.11 Å². The minimum absolute atomic E-state index is 0.141. The SMILES string of the molecule is Cc1ccccc1-c1cnc(CN=[N+]=[N-])o1. The van der Waals surface area contributed by atoms with Crippen LogP contribution in [0.1, 0.15) is 11.5 Å². The van der Waals surface area contributed by atoms with Gasteiger partial charge in [0, 0.05) is 10.5 Å². The molecule has 0 saturated heterocycles. The van der Waals surface area contributed by atoms with Gasteiger partial charge >= 0.3 is 0 Å². The number of hydrogen-bond donors (Lipinski definition) is 0. The molecule has 0 atom stereocenters. The van der Waals surface area contributed by atoms with Gasteiger partial charge in [-0.2, -0.15) is 0 Å². The number of benzene rings is 1. The van der Waals surface area contributed by atoms with E-state index in [4.69, 9.17) is 9.95 Å². The summed E-state index contributed by atoms with van der Waals surface area (Å²) < 4.78 is 5.48. The third-order valence-electron chi connectivity index (χ3n) is 2.23. The molecule has 0 fully saturated rings. The van der Waals surface area contributed by atoms with E-state index in [1.54, 1.807) is 6.20 Å². The highest BCUT2D eigenvalue weighted by atomic mass is 16.4. The molecule has 1 heterocycles. The van der Waals surface area contributed by atoms with Gasteiger partial charge in [0.1, 0.15) is 6.54 Å². The summed E-state index contributed by atoms with van der Waals surface area (Å²) in [6, 6.07) is 7.88. The van der Waals surface area contributed by atoms with Gasteiger partial charge in [-0.15, -0.1) is 0 Å². The summed E-state index contributed by atoms with van der Waals surface area (Å²) >= 11 is 0. The maximum atomic E-state index is 8.18. The summed E-state index contributed by atoms with van der Waals surface area (Å²) in [5.41, 5.74) is 10.3. The zero-order valence-corrected chi connectivity index (χ0v) is 8.79. The molecule has 0 aliphatic heterocycles. The molecule has 0 aliphatic rings. The Kier molecular flexibility index (Phi) is 2.89. The Hall–Kier alpha value is -2.26. The first-order valence-electron chi connectivity index (χ1n) is 4.83. The highest BCUT2D eigenvalue weighted by Gasteiger charge is 2.07. The summed E-state index contributed by atoms with van der Waals surface area (Å²) in [6.45, 7) is 2.15. The fourth-order valence-corrected chi connectivity index (χ4v) is 1.45. The zero-order chi connectivity index (χ0) is 11.4. The van der Waals surface area contributed by atoms with E-state index in [2.05, 4.69) is 15.0 Å². The van der Waals surface area contributed by atoms with Crippen molar-refractivity contribution < 1.29 is 4.42 Å². The molecule has 0 spiro atoms. The molecule has 5 nitrogen and oxygen atoms in total. The van der Waals surface area contributed by atoms with Crippen LogP contribution < -0.4 is 0 Å². The van der Waals surface area contributed by atoms with Crippen LogP contribution >= 0.6 is 0 Å². The Balaban J connectivity index is 2.31. The first-order valence-corrected chi connectivity index (χ1v) is 4.83. The Bertz CT molecular complexity index is 540. The summed E-state index contributed by atoms with van der Waals surface area (Å²) in [5, 5.41) is 3.40. The number of rotatable bonds is 3. The van der Waals surface area contributed by atoms with Crippen molar-refractivity contribution in [1.82, 2.24) is 4.98 Å². The number of nitrogens with zero attached hydrogens (tertiary/aromatic N) is 4. The van der Waals surface area contributed by atoms with Crippen LogP contribution in [0.5, 0.6) is 0 Å². The van der Waals surface area contributed by atoms with Gasteiger partial charge in [0.25, 0.3) is 0 Å². The lowest BCUT2D eigenvalue weighted by Crippen LogP contribution is -1.79. The van der Waals surface area contributed by atoms with E-state index in [1.165, 1.54) is 0 Å². The second kappa shape index (κ2) is 4.51. The average molecular weight is 214 g/mol. The van der Waals surface area contributed by atoms with Crippen LogP contribution in [0.4, 0.5) is 0 Å². The first kappa shape index (κ1) is 10.3. The lowest BCUT2D eigenvalue weighted by molar-refractivity contribution is 0.509. The molecule has 0 N–H and O–H groups in total. The minimum atomic E-state index is 0.141. The normalized spacial score (nSPS) is 9.81. The number of oxazole rings is 1. The highest BCUT2D eigenvalue weighted by molar-refractivity contribution is 5.60. The fraction of sp³-hybridized carbons (Fsp3) is 0.182. The van der Waals surface area contributed by atoms with Crippen LogP contribution in [0.2, 0.25) is 0 Å². The lowest BCUT2D eigenvalue weighted by atomic mass is 10.1. The molecule has 80 valence electrons. The van der Waals surface area contributed by atoms with Gasteiger partial charge < -0.3 is 4.42 Å². The van der Waals surface area contributed by atoms with Gasteiger partial charge in [0.05, 0.1) is 6.20 Å². The smallest absolute Gasteiger partial charge is 0.200 e. The first-order chi connectivity index (χ1) is 7.81. The van der Waals surface area contributed by atoms with Crippen molar-refractivity contribution in [3.05, 3.63) is 52.4 Å². The molecule has 1 aromatic carbocycles. The molecule has 0 bridgehead atoms. The highest BCUT2D eigenvalue weighted by Crippen LogP contribution is 2.23. The summed E-state index contributed by atoms with van der Waals surface area (Å²) in [4.78, 5) is 6.70. The minimum Gasteiger partial charge on any atom is -0.441 e. The van der Waals surface area contributed by atoms with E-state index in [9.17, 15) is 0 Å². The molecule has 1 aromatic heterocycles. The van der Waals surface area contributed by atoms with E-state index >= 15 is 0 Å². The summed E-state index contributed by atoms with van der Waals surface area (Å²) in [6.07, 6.45) is 1.64. The summed E-state index contributed by atoms with van der Waals surface area (Å²) in [5.74, 6) is 1.12. The maximum Gasteiger partial charge on any atom is 0.200 e. The van der Waals surface area contributed by atoms with Crippen LogP contribution in [-0.4, -0.2) is 4.98 Å². The molecule has 0 radical (unpaired) electrons. The molecule has 0 unspecified atom stereocenters. The second-order valence-electron chi connectivity index (χ2n) is 3.32. The predicted octanol–water partition coefficient (Wildman–Crippen LogP) is 3.46. The van der Waals surface area contributed by atoms with E-state index in [0.29, 0.717) is 11.7 Å². The fourth-order valence-electron chi connectivity index (χ4n) is 1.45. The van der Waals surface area contributed by atoms with Crippen LogP contribution in [0.3, 0.4) is 0 Å². The lowest BCUT2D eigenvalue weighted by Gasteiger charge is -1.99. The number of aromatic nitrogens is 1. The molecule has 5 heteroatoms. The van der Waals surface area contributed by atoms with E-state index < -0.39 is 0 Å². The van der Waals surface area contributed by atoms with Crippen molar-refractivity contribution in [2.45, 2.75) is 13.5 Å². The van der Waals surface area contributed by atoms with Gasteiger partial charge in [0.2, 0.25) is 5.89 Å². The van der Waals surface area contributed by atoms with Crippen LogP contribution in [0.15, 0.2) is 40.0 Å². The van der Waals surface area contributed by atoms with Gasteiger partial charge in [0.15, 0.2) is 5.76 Å². The monoisotopic (exact) mass is 214 g/mol. The number of aryl methyl sites for hydroxylation is 1. The van der Waals surface area contributed by atoms with Crippen molar-refractivity contribution in [1.29, 1.82) is 0 Å². The van der Waals surface area contributed by atoms with E-state index in [1.807, 2.05) is 31.2 Å². The Morgan fingerprint density at radius 1 is 1.44 bits per heavy atom. The van der Waals surface area contributed by atoms with Crippen LogP contribution in [0, 0.1) is 6.92 Å². The van der Waals surface area contributed by atoms with Crippen molar-refractivity contribution in [3.8, 4) is 11.3 Å². The van der Waals surface area contributed by atoms with Gasteiger partial charge in [-0.3, -0.25) is 0 Å². The van der Waals surface area contributed by atoms with Gasteiger partial charge in [-0.05, 0) is 18.0 Å². The number of hydrogen-bond acceptors (Lipinski definition) is 3. The molecule has 16 heavy (non-hydrogen) atoms. The topological polar surface area (TPSA) is 74.8 Å². The molecular formula is C11H10N4O. The molecule has 2 aromatic rings. The maximum absolute atomic E-state index is 8.18. The van der Waals surface area contributed by atoms with E-state index in [-0.39, 0.29) is 6.54 Å². The quantitative estimate of drug-likeness (QED) is 0.445. The zero-order valence-electron chi connectivity index (χ0n) is 8.79. The third-order valence-corrected chi connectivity index (χ3v) is 2.23. The standard InChI is InChI=1S/C11H10N4O/c1-8-4-2-3-5-9(8)10-6-13-11(16-10)7-14-15-12/h2-6H,7H2,1H3. The average Bonchev–Trinajstić information content (AvgIpc) is 2.75. The largest absolute Gasteiger partial charge is 0.441 e. The van der Waals surface area contributed by atoms with Crippen molar-refractivity contribution in [2.75, 3.05) is 0 Å². The van der Waals surface area contributed by atoms with Gasteiger partial charge in [-0.1, -0.05) is 29.4 Å². The Labute approximate surface area is 92.4 Å². The summed E-state index contributed by atoms with van der Waals surface area (Å²) in [7, 11) is 0. The van der Waals surface area contributed by atoms with Crippen LogP contribution in [-0.2, 0) is 6.54 Å². The Morgan fingerprint density at radius 2 is 2.25 bits per heavy atom. The van der Waals surface area contributed by atoms with E-state index in [0.717, 1.165) is 11.1 Å². The molecule has 0 saturated carbocycles. The molecule has 0 amide bonds. The molecular weight excluding hydrogens is 204 g/mol. The second-order valence-corrected chi connectivity index (χ2v) is 3.32. The Morgan fingerprint density at radius 3 is 3.00 bits per heavy atom. The van der Waals surface area contributed by atoms with Crippen LogP contribution in [0.25, 0.3) is 21.8 Å². The molecule has 0 aliphatic carbocycles. The number of azide groups is 1. The predicted molar refractivity (Wildman–Crippen MR) is 59.5 cm³/mol. The third kappa shape index (κ3) is 2.04. The van der Waals surface area contributed by atoms with Crippen molar-refractivity contribution in [3.63, 3.8) is 0 Å². The van der Waals surface area contributed by atoms with Crippen molar-refractivity contribution >= 4 is 0 Å². The van der Waals surface area contributed by atoms with Gasteiger partial charge in [-0.25, -0.2) is 4.98 Å². The molecule has 2 rings (SSSR count).